The minimum atomic E-state index is -4.39. The molecule has 9 heteroatoms. The normalized spacial score (nSPS) is 19.4. The molecule has 2 heterocycles. The molecule has 2 fully saturated rings. The van der Waals surface area contributed by atoms with Crippen molar-refractivity contribution in [3.8, 4) is 0 Å². The van der Waals surface area contributed by atoms with Gasteiger partial charge in [0, 0.05) is 51.1 Å². The molecule has 0 saturated carbocycles. The minimum Gasteiger partial charge on any atom is -0.381 e. The predicted molar refractivity (Wildman–Crippen MR) is 98.3 cm³/mol. The van der Waals surface area contributed by atoms with Crippen LogP contribution in [0.25, 0.3) is 0 Å². The van der Waals surface area contributed by atoms with Crippen LogP contribution in [-0.4, -0.2) is 74.5 Å². The van der Waals surface area contributed by atoms with Gasteiger partial charge in [0.1, 0.15) is 0 Å². The van der Waals surface area contributed by atoms with Crippen molar-refractivity contribution in [3.05, 3.63) is 29.8 Å². The van der Waals surface area contributed by atoms with E-state index in [-0.39, 0.29) is 12.1 Å². The van der Waals surface area contributed by atoms with E-state index in [1.165, 1.54) is 12.1 Å². The number of amides is 2. The van der Waals surface area contributed by atoms with Gasteiger partial charge in [-0.1, -0.05) is 0 Å². The lowest BCUT2D eigenvalue weighted by Gasteiger charge is -2.36. The zero-order valence-electron chi connectivity index (χ0n) is 15.7. The number of morpholine rings is 1. The maximum absolute atomic E-state index is 12.9. The van der Waals surface area contributed by atoms with Gasteiger partial charge < -0.3 is 19.7 Å². The van der Waals surface area contributed by atoms with Gasteiger partial charge in [-0.05, 0) is 37.1 Å². The van der Waals surface area contributed by atoms with Crippen LogP contribution in [0.2, 0.25) is 0 Å². The summed E-state index contributed by atoms with van der Waals surface area (Å²) in [7, 11) is 0. The molecule has 2 amide bonds. The SMILES string of the molecule is O=C(Nc1ccc(C(F)(F)F)cc1)N(CCN1CCOCC1)C1CCOCC1. The lowest BCUT2D eigenvalue weighted by molar-refractivity contribution is -0.137. The van der Waals surface area contributed by atoms with E-state index in [1.54, 1.807) is 4.90 Å². The van der Waals surface area contributed by atoms with Crippen LogP contribution < -0.4 is 5.32 Å². The van der Waals surface area contributed by atoms with Gasteiger partial charge in [-0.25, -0.2) is 4.79 Å². The van der Waals surface area contributed by atoms with Crippen molar-refractivity contribution in [2.24, 2.45) is 0 Å². The number of hydrogen-bond donors (Lipinski definition) is 1. The van der Waals surface area contributed by atoms with Crippen LogP contribution in [0.5, 0.6) is 0 Å². The predicted octanol–water partition coefficient (Wildman–Crippen LogP) is 3.05. The molecule has 156 valence electrons. The van der Waals surface area contributed by atoms with Gasteiger partial charge in [0.15, 0.2) is 0 Å². The van der Waals surface area contributed by atoms with Crippen LogP contribution in [0.15, 0.2) is 24.3 Å². The Morgan fingerprint density at radius 2 is 1.68 bits per heavy atom. The van der Waals surface area contributed by atoms with Crippen molar-refractivity contribution in [3.63, 3.8) is 0 Å². The second kappa shape index (κ2) is 9.58. The Hall–Kier alpha value is -1.84. The number of ether oxygens (including phenoxy) is 2. The van der Waals surface area contributed by atoms with Gasteiger partial charge in [0.05, 0.1) is 18.8 Å². The van der Waals surface area contributed by atoms with Gasteiger partial charge in [-0.15, -0.1) is 0 Å². The fraction of sp³-hybridized carbons (Fsp3) is 0.632. The standard InChI is InChI=1S/C19H26F3N3O3/c20-19(21,22)15-1-3-16(4-2-15)23-18(26)25(17-5-11-27-12-6-17)8-7-24-9-13-28-14-10-24/h1-4,17H,5-14H2,(H,23,26). The summed E-state index contributed by atoms with van der Waals surface area (Å²) < 4.78 is 48.9. The van der Waals surface area contributed by atoms with Gasteiger partial charge in [0.25, 0.3) is 0 Å². The first-order valence-electron chi connectivity index (χ1n) is 9.56. The highest BCUT2D eigenvalue weighted by Crippen LogP contribution is 2.30. The van der Waals surface area contributed by atoms with E-state index in [0.29, 0.717) is 38.7 Å². The lowest BCUT2D eigenvalue weighted by atomic mass is 10.1. The topological polar surface area (TPSA) is 54.0 Å². The van der Waals surface area contributed by atoms with Crippen LogP contribution in [0, 0.1) is 0 Å². The summed E-state index contributed by atoms with van der Waals surface area (Å²) >= 11 is 0. The van der Waals surface area contributed by atoms with Crippen molar-refractivity contribution in [1.29, 1.82) is 0 Å². The van der Waals surface area contributed by atoms with Crippen molar-refractivity contribution in [2.75, 3.05) is 57.9 Å². The average molecular weight is 401 g/mol. The fourth-order valence-corrected chi connectivity index (χ4v) is 3.46. The number of nitrogens with zero attached hydrogens (tertiary/aromatic N) is 2. The molecule has 0 spiro atoms. The van der Waals surface area contributed by atoms with Crippen molar-refractivity contribution in [1.82, 2.24) is 9.80 Å². The average Bonchev–Trinajstić information content (AvgIpc) is 2.69. The maximum Gasteiger partial charge on any atom is 0.416 e. The van der Waals surface area contributed by atoms with Gasteiger partial charge >= 0.3 is 12.2 Å². The third-order valence-electron chi connectivity index (χ3n) is 5.12. The van der Waals surface area contributed by atoms with E-state index in [2.05, 4.69) is 10.2 Å². The molecule has 1 aromatic carbocycles. The molecule has 0 unspecified atom stereocenters. The zero-order chi connectivity index (χ0) is 20.0. The third-order valence-corrected chi connectivity index (χ3v) is 5.12. The van der Waals surface area contributed by atoms with Crippen LogP contribution >= 0.6 is 0 Å². The number of carbonyl (C=O) groups is 1. The Morgan fingerprint density at radius 3 is 2.29 bits per heavy atom. The molecule has 6 nitrogen and oxygen atoms in total. The largest absolute Gasteiger partial charge is 0.416 e. The van der Waals surface area contributed by atoms with Crippen molar-refractivity contribution >= 4 is 11.7 Å². The summed E-state index contributed by atoms with van der Waals surface area (Å²) in [5.41, 5.74) is -0.388. The molecular formula is C19H26F3N3O3. The Labute approximate surface area is 162 Å². The molecule has 3 rings (SSSR count). The van der Waals surface area contributed by atoms with E-state index in [0.717, 1.165) is 44.6 Å². The number of halogens is 3. The Balaban J connectivity index is 1.63. The summed E-state index contributed by atoms with van der Waals surface area (Å²) in [6, 6.07) is 4.28. The van der Waals surface area contributed by atoms with Crippen molar-refractivity contribution < 1.29 is 27.4 Å². The molecule has 0 radical (unpaired) electrons. The van der Waals surface area contributed by atoms with Gasteiger partial charge in [0.2, 0.25) is 0 Å². The molecular weight excluding hydrogens is 375 g/mol. The second-order valence-electron chi connectivity index (χ2n) is 7.00. The molecule has 1 aromatic rings. The van der Waals surface area contributed by atoms with Crippen molar-refractivity contribution in [2.45, 2.75) is 25.1 Å². The third kappa shape index (κ3) is 5.83. The van der Waals surface area contributed by atoms with Gasteiger partial charge in [-0.2, -0.15) is 13.2 Å². The first-order valence-corrected chi connectivity index (χ1v) is 9.56. The number of rotatable bonds is 5. The summed E-state index contributed by atoms with van der Waals surface area (Å²) in [4.78, 5) is 16.9. The fourth-order valence-electron chi connectivity index (χ4n) is 3.46. The minimum absolute atomic E-state index is 0.0595. The van der Waals surface area contributed by atoms with E-state index < -0.39 is 11.7 Å². The molecule has 2 aliphatic rings. The molecule has 0 aliphatic carbocycles. The molecule has 0 bridgehead atoms. The van der Waals surface area contributed by atoms with Crippen LogP contribution in [0.3, 0.4) is 0 Å². The number of anilines is 1. The molecule has 0 aromatic heterocycles. The van der Waals surface area contributed by atoms with E-state index in [9.17, 15) is 18.0 Å². The number of hydrogen-bond acceptors (Lipinski definition) is 4. The Bertz CT molecular complexity index is 628. The lowest BCUT2D eigenvalue weighted by Crippen LogP contribution is -2.49. The molecule has 0 atom stereocenters. The summed E-state index contributed by atoms with van der Waals surface area (Å²) in [6.45, 7) is 5.55. The first kappa shape index (κ1) is 20.9. The molecule has 1 N–H and O–H groups in total. The van der Waals surface area contributed by atoms with E-state index in [1.807, 2.05) is 0 Å². The quantitative estimate of drug-likeness (QED) is 0.824. The Kier molecular flexibility index (Phi) is 7.14. The maximum atomic E-state index is 12.9. The van der Waals surface area contributed by atoms with Crippen LogP contribution in [-0.2, 0) is 15.7 Å². The zero-order valence-corrected chi connectivity index (χ0v) is 15.7. The van der Waals surface area contributed by atoms with Crippen LogP contribution in [0.4, 0.5) is 23.7 Å². The monoisotopic (exact) mass is 401 g/mol. The summed E-state index contributed by atoms with van der Waals surface area (Å²) in [6.07, 6.45) is -2.89. The summed E-state index contributed by atoms with van der Waals surface area (Å²) in [5, 5.41) is 2.74. The first-order chi connectivity index (χ1) is 13.4. The van der Waals surface area contributed by atoms with E-state index >= 15 is 0 Å². The van der Waals surface area contributed by atoms with E-state index in [4.69, 9.17) is 9.47 Å². The number of urea groups is 1. The smallest absolute Gasteiger partial charge is 0.381 e. The number of nitrogens with one attached hydrogen (secondary N) is 1. The number of benzene rings is 1. The molecule has 2 saturated heterocycles. The summed E-state index contributed by atoms with van der Waals surface area (Å²) in [5.74, 6) is 0. The highest BCUT2D eigenvalue weighted by molar-refractivity contribution is 5.89. The number of alkyl halides is 3. The van der Waals surface area contributed by atoms with Crippen LogP contribution in [0.1, 0.15) is 18.4 Å². The number of carbonyl (C=O) groups excluding carboxylic acids is 1. The second-order valence-corrected chi connectivity index (χ2v) is 7.00. The highest BCUT2D eigenvalue weighted by atomic mass is 19.4. The Morgan fingerprint density at radius 1 is 1.07 bits per heavy atom. The highest BCUT2D eigenvalue weighted by Gasteiger charge is 2.30. The molecule has 28 heavy (non-hydrogen) atoms. The molecule has 2 aliphatic heterocycles. The van der Waals surface area contributed by atoms with Gasteiger partial charge in [-0.3, -0.25) is 4.90 Å².